The summed E-state index contributed by atoms with van der Waals surface area (Å²) in [6.07, 6.45) is -1.46. The number of nitrogen functional groups attached to an aromatic ring is 1. The van der Waals surface area contributed by atoms with Gasteiger partial charge in [-0.05, 0) is 74.2 Å². The van der Waals surface area contributed by atoms with Crippen LogP contribution in [0.1, 0.15) is 31.2 Å². The molecule has 0 aliphatic carbocycles. The van der Waals surface area contributed by atoms with Crippen LogP contribution >= 0.6 is 11.3 Å². The molecule has 2 aromatic carbocycles. The lowest BCUT2D eigenvalue weighted by Gasteiger charge is -2.32. The Balaban J connectivity index is 1.42. The highest BCUT2D eigenvalue weighted by Crippen LogP contribution is 2.50. The van der Waals surface area contributed by atoms with Crippen molar-refractivity contribution >= 4 is 54.7 Å². The SMILES string of the molecule is [C-]#[N+]c1c(N)sc2c(F)ccc(-c3cc4nc(OCC56CCCN5CCC6)nc(N(C)[C@H]5CN(C(=O)C=C)C[C@H]5F)c4cc3C(F)(F)F)c12. The zero-order valence-corrected chi connectivity index (χ0v) is 27.3. The van der Waals surface area contributed by atoms with Crippen LogP contribution in [0.2, 0.25) is 0 Å². The van der Waals surface area contributed by atoms with Gasteiger partial charge in [-0.3, -0.25) is 9.69 Å². The summed E-state index contributed by atoms with van der Waals surface area (Å²) >= 11 is 0.790. The van der Waals surface area contributed by atoms with Crippen molar-refractivity contribution in [2.24, 2.45) is 0 Å². The average Bonchev–Trinajstić information content (AvgIpc) is 3.84. The number of nitrogens with two attached hydrogens (primary N) is 1. The zero-order valence-electron chi connectivity index (χ0n) is 26.5. The predicted octanol–water partition coefficient (Wildman–Crippen LogP) is 6.98. The highest BCUT2D eigenvalue weighted by molar-refractivity contribution is 7.23. The molecule has 256 valence electrons. The molecule has 2 aromatic heterocycles. The van der Waals surface area contributed by atoms with Crippen molar-refractivity contribution in [1.82, 2.24) is 19.8 Å². The number of rotatable bonds is 7. The van der Waals surface area contributed by atoms with Gasteiger partial charge in [-0.1, -0.05) is 12.6 Å². The Bertz CT molecular complexity index is 2030. The molecule has 1 amide bonds. The summed E-state index contributed by atoms with van der Waals surface area (Å²) < 4.78 is 81.4. The summed E-state index contributed by atoms with van der Waals surface area (Å²) in [5.74, 6) is -1.18. The van der Waals surface area contributed by atoms with Gasteiger partial charge in [0.05, 0.1) is 45.5 Å². The van der Waals surface area contributed by atoms with E-state index in [2.05, 4.69) is 26.3 Å². The molecule has 3 aliphatic rings. The summed E-state index contributed by atoms with van der Waals surface area (Å²) in [5.41, 5.74) is 4.29. The summed E-state index contributed by atoms with van der Waals surface area (Å²) in [6.45, 7) is 13.0. The lowest BCUT2D eigenvalue weighted by atomic mass is 9.94. The first kappa shape index (κ1) is 33.0. The third kappa shape index (κ3) is 5.51. The lowest BCUT2D eigenvalue weighted by Crippen LogP contribution is -2.43. The molecule has 0 bridgehead atoms. The first-order chi connectivity index (χ1) is 23.3. The molecule has 7 rings (SSSR count). The molecular weight excluding hydrogens is 665 g/mol. The molecule has 9 nitrogen and oxygen atoms in total. The van der Waals surface area contributed by atoms with Crippen molar-refractivity contribution in [3.05, 3.63) is 59.7 Å². The van der Waals surface area contributed by atoms with Crippen molar-refractivity contribution in [2.45, 2.75) is 49.6 Å². The first-order valence-corrected chi connectivity index (χ1v) is 16.6. The molecule has 0 spiro atoms. The molecule has 5 heterocycles. The maximum absolute atomic E-state index is 15.5. The van der Waals surface area contributed by atoms with Gasteiger partial charge in [0.2, 0.25) is 11.6 Å². The van der Waals surface area contributed by atoms with Gasteiger partial charge in [0, 0.05) is 24.4 Å². The molecular formula is C34H32F5N7O2S. The van der Waals surface area contributed by atoms with Gasteiger partial charge in [-0.25, -0.2) is 13.6 Å². The first-order valence-electron chi connectivity index (χ1n) is 15.8. The van der Waals surface area contributed by atoms with Crippen molar-refractivity contribution in [2.75, 3.05) is 50.5 Å². The highest BCUT2D eigenvalue weighted by Gasteiger charge is 2.45. The van der Waals surface area contributed by atoms with E-state index in [0.29, 0.717) is 0 Å². The number of thiophene rings is 1. The maximum Gasteiger partial charge on any atom is 0.417 e. The number of anilines is 2. The van der Waals surface area contributed by atoms with Gasteiger partial charge in [-0.2, -0.15) is 23.1 Å². The summed E-state index contributed by atoms with van der Waals surface area (Å²) in [6, 6.07) is 3.34. The Hall–Kier alpha value is -4.55. The van der Waals surface area contributed by atoms with Crippen LogP contribution in [-0.2, 0) is 11.0 Å². The molecule has 0 unspecified atom stereocenters. The predicted molar refractivity (Wildman–Crippen MR) is 178 cm³/mol. The Morgan fingerprint density at radius 3 is 2.63 bits per heavy atom. The number of carbonyl (C=O) groups is 1. The number of ether oxygens (including phenoxy) is 1. The fourth-order valence-electron chi connectivity index (χ4n) is 7.68. The minimum atomic E-state index is -4.91. The van der Waals surface area contributed by atoms with Gasteiger partial charge in [0.15, 0.2) is 0 Å². The largest absolute Gasteiger partial charge is 0.461 e. The van der Waals surface area contributed by atoms with Crippen LogP contribution in [0.4, 0.5) is 38.5 Å². The summed E-state index contributed by atoms with van der Waals surface area (Å²) in [5, 5.41) is -0.0620. The third-order valence-corrected chi connectivity index (χ3v) is 11.1. The van der Waals surface area contributed by atoms with E-state index in [4.69, 9.17) is 17.0 Å². The van der Waals surface area contributed by atoms with Crippen LogP contribution in [0.5, 0.6) is 6.01 Å². The molecule has 0 saturated carbocycles. The number of fused-ring (bicyclic) bond motifs is 3. The highest BCUT2D eigenvalue weighted by atomic mass is 32.1. The molecule has 49 heavy (non-hydrogen) atoms. The van der Waals surface area contributed by atoms with Gasteiger partial charge in [0.1, 0.15) is 24.4 Å². The van der Waals surface area contributed by atoms with Crippen LogP contribution in [0, 0.1) is 12.4 Å². The number of likely N-dealkylation sites (tertiary alicyclic amines) is 1. The summed E-state index contributed by atoms with van der Waals surface area (Å²) in [4.78, 5) is 30.0. The van der Waals surface area contributed by atoms with Crippen molar-refractivity contribution < 1.29 is 31.5 Å². The van der Waals surface area contributed by atoms with E-state index >= 15 is 4.39 Å². The van der Waals surface area contributed by atoms with Crippen molar-refractivity contribution in [3.8, 4) is 17.1 Å². The Morgan fingerprint density at radius 2 is 1.96 bits per heavy atom. The van der Waals surface area contributed by atoms with Crippen molar-refractivity contribution in [1.29, 1.82) is 0 Å². The quantitative estimate of drug-likeness (QED) is 0.127. The fraction of sp³-hybridized carbons (Fsp3) is 0.412. The number of hydrogen-bond acceptors (Lipinski definition) is 8. The van der Waals surface area contributed by atoms with Crippen LogP contribution in [0.25, 0.3) is 37.0 Å². The van der Waals surface area contributed by atoms with Crippen LogP contribution in [0.15, 0.2) is 36.9 Å². The monoisotopic (exact) mass is 697 g/mol. The molecule has 4 aromatic rings. The number of amides is 1. The zero-order chi connectivity index (χ0) is 34.8. The van der Waals surface area contributed by atoms with Gasteiger partial charge >= 0.3 is 12.2 Å². The minimum absolute atomic E-state index is 0.00400. The van der Waals surface area contributed by atoms with Crippen LogP contribution in [0.3, 0.4) is 0 Å². The fourth-order valence-corrected chi connectivity index (χ4v) is 8.62. The Morgan fingerprint density at radius 1 is 1.22 bits per heavy atom. The number of halogens is 5. The second kappa shape index (κ2) is 12.1. The third-order valence-electron chi connectivity index (χ3n) is 10.1. The van der Waals surface area contributed by atoms with E-state index in [1.54, 1.807) is 0 Å². The molecule has 3 fully saturated rings. The molecule has 3 aliphatic heterocycles. The van der Waals surface area contributed by atoms with E-state index < -0.39 is 35.7 Å². The number of benzene rings is 2. The lowest BCUT2D eigenvalue weighted by molar-refractivity contribution is -0.137. The van der Waals surface area contributed by atoms with E-state index in [1.807, 2.05) is 0 Å². The van der Waals surface area contributed by atoms with E-state index in [-0.39, 0.29) is 79.9 Å². The topological polar surface area (TPSA) is 92.2 Å². The average molecular weight is 698 g/mol. The van der Waals surface area contributed by atoms with E-state index in [1.165, 1.54) is 29.0 Å². The number of alkyl halides is 4. The number of likely N-dealkylation sites (N-methyl/N-ethyl adjacent to an activating group) is 1. The number of carbonyl (C=O) groups excluding carboxylic acids is 1. The summed E-state index contributed by atoms with van der Waals surface area (Å²) in [7, 11) is 1.51. The molecule has 2 N–H and O–H groups in total. The van der Waals surface area contributed by atoms with Gasteiger partial charge in [0.25, 0.3) is 0 Å². The molecule has 2 atom stereocenters. The van der Waals surface area contributed by atoms with Crippen LogP contribution in [-0.4, -0.2) is 83.3 Å². The van der Waals surface area contributed by atoms with Crippen molar-refractivity contribution in [3.63, 3.8) is 0 Å². The minimum Gasteiger partial charge on any atom is -0.461 e. The number of aromatic nitrogens is 2. The Labute approximate surface area is 282 Å². The molecule has 15 heteroatoms. The normalized spacial score (nSPS) is 20.6. The molecule has 3 saturated heterocycles. The van der Waals surface area contributed by atoms with E-state index in [9.17, 15) is 22.4 Å². The smallest absolute Gasteiger partial charge is 0.417 e. The second-order valence-corrected chi connectivity index (χ2v) is 13.9. The number of nitrogens with zero attached hydrogens (tertiary/aromatic N) is 6. The Kier molecular flexibility index (Phi) is 8.14. The van der Waals surface area contributed by atoms with Gasteiger partial charge < -0.3 is 20.3 Å². The van der Waals surface area contributed by atoms with E-state index in [0.717, 1.165) is 68.3 Å². The number of hydrogen-bond donors (Lipinski definition) is 1. The van der Waals surface area contributed by atoms with Crippen LogP contribution < -0.4 is 15.4 Å². The van der Waals surface area contributed by atoms with Gasteiger partial charge in [-0.15, -0.1) is 11.3 Å². The standard InChI is InChI=1S/C34H32F5N7O2S/c1-4-26(47)45-15-23(36)25(16-45)44(3)31-20-13-21(34(37,38)39)19(18-7-8-22(35)29-27(18)28(41-2)30(40)49-29)14-24(20)42-32(43-31)48-17-33-9-5-11-46(33)12-6-10-33/h4,7-8,13-14,23,25H,1,5-6,9-12,15-17,40H2,3H3/t23-,25+/m1/s1. The molecule has 0 radical (unpaired) electrons. The maximum atomic E-state index is 15.5. The second-order valence-electron chi connectivity index (χ2n) is 12.8.